The van der Waals surface area contributed by atoms with Crippen LogP contribution in [0.25, 0.3) is 12.2 Å². The van der Waals surface area contributed by atoms with Crippen LogP contribution in [0.5, 0.6) is 0 Å². The fourth-order valence-electron chi connectivity index (χ4n) is 2.23. The average molecular weight is 319 g/mol. The molecular formula is C19H17N3O2. The van der Waals surface area contributed by atoms with Crippen LogP contribution in [0.3, 0.4) is 0 Å². The maximum Gasteiger partial charge on any atom is 0.250 e. The molecule has 1 N–H and O–H groups in total. The number of carbonyl (C=O) groups excluding carboxylic acids is 1. The highest BCUT2D eigenvalue weighted by molar-refractivity contribution is 5.88. The van der Waals surface area contributed by atoms with Crippen LogP contribution in [0, 0.1) is 0 Å². The summed E-state index contributed by atoms with van der Waals surface area (Å²) in [5.74, 6) is 1.01. The molecule has 120 valence electrons. The Balaban J connectivity index is 1.63. The van der Waals surface area contributed by atoms with Crippen LogP contribution in [0.4, 0.5) is 5.69 Å². The Morgan fingerprint density at radius 3 is 2.54 bits per heavy atom. The summed E-state index contributed by atoms with van der Waals surface area (Å²) in [6.45, 7) is 1.48. The zero-order valence-electron chi connectivity index (χ0n) is 13.3. The van der Waals surface area contributed by atoms with Gasteiger partial charge < -0.3 is 9.84 Å². The molecule has 0 saturated carbocycles. The molecular weight excluding hydrogens is 302 g/mol. The summed E-state index contributed by atoms with van der Waals surface area (Å²) in [6, 6.07) is 17.5. The van der Waals surface area contributed by atoms with Crippen molar-refractivity contribution in [3.8, 4) is 0 Å². The number of amides is 1. The highest BCUT2D eigenvalue weighted by Crippen LogP contribution is 2.13. The smallest absolute Gasteiger partial charge is 0.250 e. The number of anilines is 1. The Hall–Kier alpha value is -3.21. The van der Waals surface area contributed by atoms with Gasteiger partial charge in [0.15, 0.2) is 5.82 Å². The third kappa shape index (κ3) is 4.39. The third-order valence-corrected chi connectivity index (χ3v) is 3.34. The molecule has 2 aromatic carbocycles. The van der Waals surface area contributed by atoms with Crippen molar-refractivity contribution in [1.29, 1.82) is 0 Å². The summed E-state index contributed by atoms with van der Waals surface area (Å²) in [5.41, 5.74) is 2.89. The SMILES string of the molecule is CC(=O)Nc1ccc(Cc2noc(/C=C/c3ccccc3)n2)cc1. The molecule has 0 fully saturated rings. The lowest BCUT2D eigenvalue weighted by atomic mass is 10.1. The van der Waals surface area contributed by atoms with Gasteiger partial charge in [-0.1, -0.05) is 47.6 Å². The second-order valence-electron chi connectivity index (χ2n) is 5.35. The van der Waals surface area contributed by atoms with Crippen LogP contribution >= 0.6 is 0 Å². The first-order valence-corrected chi connectivity index (χ1v) is 7.61. The fourth-order valence-corrected chi connectivity index (χ4v) is 2.23. The van der Waals surface area contributed by atoms with Gasteiger partial charge in [0.1, 0.15) is 0 Å². The third-order valence-electron chi connectivity index (χ3n) is 3.34. The molecule has 3 aromatic rings. The standard InChI is InChI=1S/C19H17N3O2/c1-14(23)20-17-10-7-16(8-11-17)13-18-21-19(24-22-18)12-9-15-5-3-2-4-6-15/h2-12H,13H2,1H3,(H,20,23)/b12-9+. The van der Waals surface area contributed by atoms with Gasteiger partial charge in [0.2, 0.25) is 5.91 Å². The number of carbonyl (C=O) groups is 1. The van der Waals surface area contributed by atoms with Gasteiger partial charge >= 0.3 is 0 Å². The second-order valence-corrected chi connectivity index (χ2v) is 5.35. The Bertz CT molecular complexity index is 837. The molecule has 0 aliphatic carbocycles. The molecule has 24 heavy (non-hydrogen) atoms. The van der Waals surface area contributed by atoms with E-state index in [1.54, 1.807) is 6.08 Å². The van der Waals surface area contributed by atoms with Gasteiger partial charge in [0.25, 0.3) is 5.89 Å². The van der Waals surface area contributed by atoms with E-state index >= 15 is 0 Å². The van der Waals surface area contributed by atoms with Crippen LogP contribution in [0.15, 0.2) is 59.1 Å². The minimum Gasteiger partial charge on any atom is -0.335 e. The van der Waals surface area contributed by atoms with E-state index in [9.17, 15) is 4.79 Å². The Morgan fingerprint density at radius 2 is 1.83 bits per heavy atom. The molecule has 5 nitrogen and oxygen atoms in total. The molecule has 0 aliphatic heterocycles. The van der Waals surface area contributed by atoms with Crippen LogP contribution < -0.4 is 5.32 Å². The lowest BCUT2D eigenvalue weighted by molar-refractivity contribution is -0.114. The normalized spacial score (nSPS) is 10.9. The van der Waals surface area contributed by atoms with Crippen molar-refractivity contribution in [2.45, 2.75) is 13.3 Å². The van der Waals surface area contributed by atoms with E-state index in [1.165, 1.54) is 6.92 Å². The van der Waals surface area contributed by atoms with Gasteiger partial charge in [-0.2, -0.15) is 4.98 Å². The maximum atomic E-state index is 11.0. The molecule has 0 unspecified atom stereocenters. The van der Waals surface area contributed by atoms with E-state index in [2.05, 4.69) is 15.5 Å². The first-order chi connectivity index (χ1) is 11.7. The van der Waals surface area contributed by atoms with E-state index < -0.39 is 0 Å². The summed E-state index contributed by atoms with van der Waals surface area (Å²) in [7, 11) is 0. The van der Waals surface area contributed by atoms with Crippen molar-refractivity contribution in [3.63, 3.8) is 0 Å². The summed E-state index contributed by atoms with van der Waals surface area (Å²) >= 11 is 0. The lowest BCUT2D eigenvalue weighted by Crippen LogP contribution is -2.05. The molecule has 1 amide bonds. The van der Waals surface area contributed by atoms with Crippen molar-refractivity contribution in [2.75, 3.05) is 5.32 Å². The molecule has 0 spiro atoms. The lowest BCUT2D eigenvalue weighted by Gasteiger charge is -2.02. The summed E-state index contributed by atoms with van der Waals surface area (Å²) in [5, 5.41) is 6.72. The quantitative estimate of drug-likeness (QED) is 0.777. The summed E-state index contributed by atoms with van der Waals surface area (Å²) in [4.78, 5) is 15.4. The number of hydrogen-bond donors (Lipinski definition) is 1. The largest absolute Gasteiger partial charge is 0.335 e. The van der Waals surface area contributed by atoms with Gasteiger partial charge in [-0.05, 0) is 29.3 Å². The molecule has 3 rings (SSSR count). The monoisotopic (exact) mass is 319 g/mol. The van der Waals surface area contributed by atoms with E-state index in [0.29, 0.717) is 18.1 Å². The zero-order valence-corrected chi connectivity index (χ0v) is 13.3. The van der Waals surface area contributed by atoms with Crippen LogP contribution in [0.1, 0.15) is 29.8 Å². The van der Waals surface area contributed by atoms with Crippen LogP contribution in [-0.2, 0) is 11.2 Å². The number of rotatable bonds is 5. The van der Waals surface area contributed by atoms with Crippen LogP contribution in [-0.4, -0.2) is 16.0 Å². The maximum absolute atomic E-state index is 11.0. The van der Waals surface area contributed by atoms with Crippen molar-refractivity contribution in [2.24, 2.45) is 0 Å². The van der Waals surface area contributed by atoms with Crippen molar-refractivity contribution >= 4 is 23.7 Å². The molecule has 0 bridgehead atoms. The molecule has 0 atom stereocenters. The van der Waals surface area contributed by atoms with Gasteiger partial charge in [-0.25, -0.2) is 0 Å². The number of benzene rings is 2. The van der Waals surface area contributed by atoms with E-state index in [1.807, 2.05) is 60.7 Å². The van der Waals surface area contributed by atoms with Gasteiger partial charge in [-0.3, -0.25) is 4.79 Å². The fraction of sp³-hybridized carbons (Fsp3) is 0.105. The van der Waals surface area contributed by atoms with E-state index in [4.69, 9.17) is 4.52 Å². The molecule has 0 radical (unpaired) electrons. The number of aromatic nitrogens is 2. The van der Waals surface area contributed by atoms with Crippen molar-refractivity contribution < 1.29 is 9.32 Å². The molecule has 1 aromatic heterocycles. The number of hydrogen-bond acceptors (Lipinski definition) is 4. The average Bonchev–Trinajstić information content (AvgIpc) is 3.03. The minimum absolute atomic E-state index is 0.0873. The minimum atomic E-state index is -0.0873. The first kappa shape index (κ1) is 15.7. The van der Waals surface area contributed by atoms with Crippen molar-refractivity contribution in [1.82, 2.24) is 10.1 Å². The second kappa shape index (κ2) is 7.37. The summed E-state index contributed by atoms with van der Waals surface area (Å²) in [6.07, 6.45) is 4.30. The van der Waals surface area contributed by atoms with Crippen molar-refractivity contribution in [3.05, 3.63) is 77.4 Å². The Morgan fingerprint density at radius 1 is 1.08 bits per heavy atom. The molecule has 0 saturated heterocycles. The Kier molecular flexibility index (Phi) is 4.81. The van der Waals surface area contributed by atoms with Gasteiger partial charge in [0.05, 0.1) is 0 Å². The molecule has 1 heterocycles. The van der Waals surface area contributed by atoms with Gasteiger partial charge in [0, 0.05) is 25.1 Å². The van der Waals surface area contributed by atoms with E-state index in [0.717, 1.165) is 16.8 Å². The highest BCUT2D eigenvalue weighted by Gasteiger charge is 2.05. The van der Waals surface area contributed by atoms with Crippen LogP contribution in [0.2, 0.25) is 0 Å². The van der Waals surface area contributed by atoms with Gasteiger partial charge in [-0.15, -0.1) is 0 Å². The molecule has 5 heteroatoms. The summed E-state index contributed by atoms with van der Waals surface area (Å²) < 4.78 is 5.23. The molecule has 0 aliphatic rings. The topological polar surface area (TPSA) is 68.0 Å². The Labute approximate surface area is 140 Å². The number of nitrogens with zero attached hydrogens (tertiary/aromatic N) is 2. The zero-order chi connectivity index (χ0) is 16.8. The predicted molar refractivity (Wildman–Crippen MR) is 93.2 cm³/mol. The number of nitrogens with one attached hydrogen (secondary N) is 1. The predicted octanol–water partition coefficient (Wildman–Crippen LogP) is 3.79. The first-order valence-electron chi connectivity index (χ1n) is 7.61. The van der Waals surface area contributed by atoms with E-state index in [-0.39, 0.29) is 5.91 Å². The highest BCUT2D eigenvalue weighted by atomic mass is 16.5.